The third-order valence-electron chi connectivity index (χ3n) is 1.18. The highest BCUT2D eigenvalue weighted by atomic mass is 32.2. The lowest BCUT2D eigenvalue weighted by Crippen LogP contribution is -2.02. The molecule has 0 atom stereocenters. The van der Waals surface area contributed by atoms with Gasteiger partial charge in [-0.1, -0.05) is 59.7 Å². The van der Waals surface area contributed by atoms with E-state index in [1.54, 1.807) is 0 Å². The SMILES string of the molecule is CC(F)(F)F.CCC.CCC#N.CCC(F)(F)F.CCC(F)F.CCSC(F)(F)F. The quantitative estimate of drug-likeness (QED) is 0.359. The van der Waals surface area contributed by atoms with Crippen LogP contribution in [0.4, 0.5) is 48.3 Å². The Kier molecular flexibility index (Phi) is 40.3. The van der Waals surface area contributed by atoms with E-state index in [4.69, 9.17) is 5.26 Å². The molecule has 0 saturated carbocycles. The third kappa shape index (κ3) is 224. The zero-order valence-electron chi connectivity index (χ0n) is 18.1. The minimum absolute atomic E-state index is 0.0116. The van der Waals surface area contributed by atoms with E-state index in [-0.39, 0.29) is 30.9 Å². The van der Waals surface area contributed by atoms with Gasteiger partial charge in [-0.2, -0.15) is 44.8 Å². The molecule has 13 heteroatoms. The lowest BCUT2D eigenvalue weighted by molar-refractivity contribution is -0.130. The Morgan fingerprint density at radius 2 is 1.00 bits per heavy atom. The Balaban J connectivity index is -0.0000000587. The van der Waals surface area contributed by atoms with Crippen molar-refractivity contribution in [2.24, 2.45) is 0 Å². The Morgan fingerprint density at radius 3 is 1.00 bits per heavy atom. The first-order valence-corrected chi connectivity index (χ1v) is 9.70. The van der Waals surface area contributed by atoms with Gasteiger partial charge in [0, 0.05) is 26.2 Å². The molecule has 188 valence electrons. The normalized spacial score (nSPS) is 10.1. The zero-order valence-corrected chi connectivity index (χ0v) is 18.9. The van der Waals surface area contributed by atoms with Crippen molar-refractivity contribution in [1.29, 1.82) is 5.26 Å². The number of nitriles is 1. The number of nitrogens with zero attached hydrogens (tertiary/aromatic N) is 1. The molecule has 0 N–H and O–H groups in total. The average molecular weight is 491 g/mol. The van der Waals surface area contributed by atoms with E-state index in [0.717, 1.165) is 6.92 Å². The molecule has 1 nitrogen and oxygen atoms in total. The van der Waals surface area contributed by atoms with Crippen LogP contribution in [-0.2, 0) is 0 Å². The van der Waals surface area contributed by atoms with Gasteiger partial charge in [-0.3, -0.25) is 0 Å². The first-order valence-electron chi connectivity index (χ1n) is 8.71. The van der Waals surface area contributed by atoms with Gasteiger partial charge in [-0.25, -0.2) is 8.78 Å². The van der Waals surface area contributed by atoms with E-state index in [0.29, 0.717) is 6.42 Å². The lowest BCUT2D eigenvalue weighted by atomic mass is 10.5. The maximum atomic E-state index is 11.0. The number of alkyl halides is 11. The molecule has 0 aromatic rings. The van der Waals surface area contributed by atoms with Crippen LogP contribution in [0.15, 0.2) is 0 Å². The average Bonchev–Trinajstić information content (AvgIpc) is 2.53. The molecule has 30 heavy (non-hydrogen) atoms. The highest BCUT2D eigenvalue weighted by molar-refractivity contribution is 8.00. The summed E-state index contributed by atoms with van der Waals surface area (Å²) in [6.07, 6.45) is -8.96. The molecule has 0 rings (SSSR count). The number of hydrogen-bond donors (Lipinski definition) is 0. The summed E-state index contributed by atoms with van der Waals surface area (Å²) in [6, 6.07) is 1.93. The molecule has 0 aliphatic heterocycles. The molecule has 0 aliphatic rings. The van der Waals surface area contributed by atoms with E-state index < -0.39 is 30.7 Å². The van der Waals surface area contributed by atoms with Crippen molar-refractivity contribution >= 4 is 11.8 Å². The molecule has 0 unspecified atom stereocenters. The number of hydrogen-bond acceptors (Lipinski definition) is 2. The van der Waals surface area contributed by atoms with Gasteiger partial charge in [-0.05, 0) is 5.75 Å². The second-order valence-corrected chi connectivity index (χ2v) is 5.98. The predicted molar refractivity (Wildman–Crippen MR) is 100 cm³/mol. The molecule has 0 aliphatic carbocycles. The summed E-state index contributed by atoms with van der Waals surface area (Å²) in [5.74, 6) is 0.101. The maximum Gasteiger partial charge on any atom is 0.441 e. The van der Waals surface area contributed by atoms with E-state index >= 15 is 0 Å². The van der Waals surface area contributed by atoms with Gasteiger partial charge in [0.05, 0.1) is 6.07 Å². The van der Waals surface area contributed by atoms with Crippen LogP contribution in [0.2, 0.25) is 0 Å². The smallest absolute Gasteiger partial charge is 0.211 e. The largest absolute Gasteiger partial charge is 0.441 e. The highest BCUT2D eigenvalue weighted by Gasteiger charge is 2.26. The summed E-state index contributed by atoms with van der Waals surface area (Å²) in [5, 5.41) is 7.62. The van der Waals surface area contributed by atoms with E-state index in [1.807, 2.05) is 13.0 Å². The fourth-order valence-electron chi connectivity index (χ4n) is 0.164. The van der Waals surface area contributed by atoms with Crippen LogP contribution in [-0.4, -0.2) is 30.0 Å². The first kappa shape index (κ1) is 43.0. The van der Waals surface area contributed by atoms with Crippen LogP contribution in [0, 0.1) is 11.3 Å². The van der Waals surface area contributed by atoms with Crippen molar-refractivity contribution in [3.8, 4) is 6.07 Å². The van der Waals surface area contributed by atoms with Crippen LogP contribution in [0.3, 0.4) is 0 Å². The monoisotopic (exact) mass is 491 g/mol. The van der Waals surface area contributed by atoms with Crippen molar-refractivity contribution < 1.29 is 48.3 Å². The molecule has 0 amide bonds. The molecule has 0 fully saturated rings. The molecule has 0 saturated heterocycles. The van der Waals surface area contributed by atoms with Crippen LogP contribution in [0.5, 0.6) is 0 Å². The fourth-order valence-corrected chi connectivity index (χ4v) is 0.491. The lowest BCUT2D eigenvalue weighted by Gasteiger charge is -1.99. The summed E-state index contributed by atoms with van der Waals surface area (Å²) < 4.78 is 118. The van der Waals surface area contributed by atoms with Gasteiger partial charge in [0.15, 0.2) is 0 Å². The second kappa shape index (κ2) is 28.1. The van der Waals surface area contributed by atoms with Gasteiger partial charge in [0.25, 0.3) is 0 Å². The van der Waals surface area contributed by atoms with Gasteiger partial charge in [0.1, 0.15) is 0 Å². The van der Waals surface area contributed by atoms with Crippen LogP contribution in [0.25, 0.3) is 0 Å². The third-order valence-corrected chi connectivity index (χ3v) is 1.79. The van der Waals surface area contributed by atoms with Crippen molar-refractivity contribution in [2.75, 3.05) is 5.75 Å². The summed E-state index contributed by atoms with van der Waals surface area (Å²) >= 11 is -0.0116. The molecule has 0 spiro atoms. The molecule has 0 aromatic carbocycles. The summed E-state index contributed by atoms with van der Waals surface area (Å²) in [6.45, 7) is 10.3. The second-order valence-electron chi connectivity index (χ2n) is 4.65. The Labute approximate surface area is 176 Å². The van der Waals surface area contributed by atoms with Gasteiger partial charge < -0.3 is 0 Å². The van der Waals surface area contributed by atoms with Gasteiger partial charge in [0.2, 0.25) is 6.43 Å². The van der Waals surface area contributed by atoms with E-state index in [9.17, 15) is 48.3 Å². The number of halogens is 11. The molecule has 0 radical (unpaired) electrons. The van der Waals surface area contributed by atoms with Gasteiger partial charge >= 0.3 is 17.9 Å². The van der Waals surface area contributed by atoms with Crippen molar-refractivity contribution in [3.63, 3.8) is 0 Å². The topological polar surface area (TPSA) is 23.8 Å². The highest BCUT2D eigenvalue weighted by Crippen LogP contribution is 2.29. The molecule has 0 bridgehead atoms. The van der Waals surface area contributed by atoms with E-state index in [2.05, 4.69) is 13.8 Å². The summed E-state index contributed by atoms with van der Waals surface area (Å²) in [4.78, 5) is 0. The molecule has 0 aromatic heterocycles. The van der Waals surface area contributed by atoms with Crippen molar-refractivity contribution in [3.05, 3.63) is 0 Å². The van der Waals surface area contributed by atoms with Crippen LogP contribution < -0.4 is 0 Å². The van der Waals surface area contributed by atoms with Crippen molar-refractivity contribution in [2.45, 2.75) is 98.4 Å². The Morgan fingerprint density at radius 1 is 0.800 bits per heavy atom. The van der Waals surface area contributed by atoms with E-state index in [1.165, 1.54) is 20.3 Å². The maximum absolute atomic E-state index is 11.0. The van der Waals surface area contributed by atoms with Crippen molar-refractivity contribution in [1.82, 2.24) is 0 Å². The fraction of sp³-hybridized carbons (Fsp3) is 0.941. The Hall–Kier alpha value is -0.930. The predicted octanol–water partition coefficient (Wildman–Crippen LogP) is 9.78. The number of rotatable bonds is 2. The summed E-state index contributed by atoms with van der Waals surface area (Å²) in [7, 11) is 0. The van der Waals surface area contributed by atoms with Crippen LogP contribution >= 0.6 is 11.8 Å². The molecular weight excluding hydrogens is 459 g/mol. The first-order chi connectivity index (χ1) is 13.2. The minimum Gasteiger partial charge on any atom is -0.211 e. The standard InChI is InChI=1S/C3H5F3S.C3H5F3.C3H6F2.C3H5N.C3H8.C2H3F3/c1-2-7-3(4,5)6;1-2-3(4,5)6;1-2-3(4)5;1-2-3-4;1-3-2;1-2(3,4)5/h2H2,1H3;2H2,1H3;3H,2H2,1H3;2H2,1H3;3H2,1-2H3;1H3. The van der Waals surface area contributed by atoms with Gasteiger partial charge in [-0.15, -0.1) is 0 Å². The Bertz CT molecular complexity index is 327. The number of thioether (sulfide) groups is 1. The molecule has 0 heterocycles. The van der Waals surface area contributed by atoms with Crippen LogP contribution in [0.1, 0.15) is 74.1 Å². The minimum atomic E-state index is -4.03. The summed E-state index contributed by atoms with van der Waals surface area (Å²) in [5.41, 5.74) is -4.03. The zero-order chi connectivity index (χ0) is 26.0. The molecular formula is C17H32F11NS.